The van der Waals surface area contributed by atoms with Crippen LogP contribution in [0.2, 0.25) is 0 Å². The number of rotatable bonds is 1. The van der Waals surface area contributed by atoms with E-state index in [4.69, 9.17) is 0 Å². The van der Waals surface area contributed by atoms with Crippen LogP contribution >= 0.6 is 0 Å². The van der Waals surface area contributed by atoms with Gasteiger partial charge in [-0.1, -0.05) is 5.57 Å². The SMILES string of the molecule is F[B-](F)(F)C=C1CNC1. The second-order valence-corrected chi connectivity index (χ2v) is 2.05. The summed E-state index contributed by atoms with van der Waals surface area (Å²) in [5.41, 5.74) is 0.461. The lowest BCUT2D eigenvalue weighted by atomic mass is 9.87. The molecule has 0 aromatic rings. The molecule has 0 aromatic carbocycles. The minimum absolute atomic E-state index is 0.404. The van der Waals surface area contributed by atoms with Crippen LogP contribution in [0.25, 0.3) is 0 Å². The molecule has 1 heterocycles. The predicted octanol–water partition coefficient (Wildman–Crippen LogP) is 0.903. The van der Waals surface area contributed by atoms with E-state index in [-0.39, 0.29) is 0 Å². The third kappa shape index (κ3) is 2.09. The van der Waals surface area contributed by atoms with Crippen molar-refractivity contribution in [2.24, 2.45) is 0 Å². The summed E-state index contributed by atoms with van der Waals surface area (Å²) in [5, 5.41) is 2.73. The molecule has 0 aliphatic carbocycles. The molecule has 1 N–H and O–H groups in total. The number of nitrogens with one attached hydrogen (secondary N) is 1. The summed E-state index contributed by atoms with van der Waals surface area (Å²) in [6.45, 7) is -3.89. The van der Waals surface area contributed by atoms with E-state index in [0.717, 1.165) is 0 Å². The molecule has 1 aliphatic heterocycles. The molecule has 1 aliphatic rings. The number of hydrogen-bond acceptors (Lipinski definition) is 1. The van der Waals surface area contributed by atoms with E-state index >= 15 is 0 Å². The molecule has 0 unspecified atom stereocenters. The summed E-state index contributed by atoms with van der Waals surface area (Å²) >= 11 is 0. The van der Waals surface area contributed by atoms with Crippen molar-refractivity contribution in [1.82, 2.24) is 5.32 Å². The average molecular weight is 136 g/mol. The van der Waals surface area contributed by atoms with Gasteiger partial charge in [0.25, 0.3) is 0 Å². The van der Waals surface area contributed by atoms with Gasteiger partial charge >= 0.3 is 6.98 Å². The van der Waals surface area contributed by atoms with E-state index in [9.17, 15) is 12.9 Å². The lowest BCUT2D eigenvalue weighted by molar-refractivity contribution is 0.495. The van der Waals surface area contributed by atoms with Gasteiger partial charge in [0.1, 0.15) is 0 Å². The molecule has 1 rings (SSSR count). The average Bonchev–Trinajstić information content (AvgIpc) is 1.53. The zero-order chi connectivity index (χ0) is 6.91. The van der Waals surface area contributed by atoms with Crippen LogP contribution < -0.4 is 5.32 Å². The first-order chi connectivity index (χ1) is 4.08. The monoisotopic (exact) mass is 136 g/mol. The van der Waals surface area contributed by atoms with Crippen molar-refractivity contribution < 1.29 is 12.9 Å². The Morgan fingerprint density at radius 2 is 1.89 bits per heavy atom. The molecule has 0 bridgehead atoms. The van der Waals surface area contributed by atoms with Crippen LogP contribution in [0.5, 0.6) is 0 Å². The molecule has 0 radical (unpaired) electrons. The molecule has 0 aromatic heterocycles. The van der Waals surface area contributed by atoms with Gasteiger partial charge in [-0.3, -0.25) is 0 Å². The van der Waals surface area contributed by atoms with Crippen LogP contribution in [0.1, 0.15) is 0 Å². The second-order valence-electron chi connectivity index (χ2n) is 2.05. The lowest BCUT2D eigenvalue weighted by Crippen LogP contribution is -2.35. The van der Waals surface area contributed by atoms with Gasteiger partial charge in [0.05, 0.1) is 0 Å². The first-order valence-corrected chi connectivity index (χ1v) is 2.69. The van der Waals surface area contributed by atoms with Gasteiger partial charge in [-0.05, 0) is 0 Å². The fraction of sp³-hybridized carbons (Fsp3) is 0.500. The van der Waals surface area contributed by atoms with E-state index in [2.05, 4.69) is 5.32 Å². The van der Waals surface area contributed by atoms with Crippen molar-refractivity contribution in [3.63, 3.8) is 0 Å². The van der Waals surface area contributed by atoms with Crippen LogP contribution in [-0.4, -0.2) is 20.1 Å². The molecule has 0 saturated carbocycles. The van der Waals surface area contributed by atoms with Gasteiger partial charge < -0.3 is 18.3 Å². The summed E-state index contributed by atoms with van der Waals surface area (Å²) in [6, 6.07) is 0. The van der Waals surface area contributed by atoms with Crippen molar-refractivity contribution in [3.8, 4) is 0 Å². The van der Waals surface area contributed by atoms with Crippen molar-refractivity contribution in [3.05, 3.63) is 11.5 Å². The Kier molecular flexibility index (Phi) is 1.53. The molecule has 0 spiro atoms. The zero-order valence-electron chi connectivity index (χ0n) is 4.70. The highest BCUT2D eigenvalue weighted by molar-refractivity contribution is 6.64. The smallest absolute Gasteiger partial charge is 0.445 e. The van der Waals surface area contributed by atoms with Gasteiger partial charge in [-0.25, -0.2) is 0 Å². The molecule has 1 nitrogen and oxygen atoms in total. The van der Waals surface area contributed by atoms with Crippen LogP contribution in [0.15, 0.2) is 11.5 Å². The Morgan fingerprint density at radius 3 is 2.00 bits per heavy atom. The van der Waals surface area contributed by atoms with Crippen LogP contribution in [-0.2, 0) is 0 Å². The maximum atomic E-state index is 11.5. The van der Waals surface area contributed by atoms with E-state index < -0.39 is 6.98 Å². The zero-order valence-corrected chi connectivity index (χ0v) is 4.70. The molecule has 52 valence electrons. The highest BCUT2D eigenvalue weighted by atomic mass is 19.4. The van der Waals surface area contributed by atoms with E-state index in [0.29, 0.717) is 24.6 Å². The summed E-state index contributed by atoms with van der Waals surface area (Å²) in [5.74, 6) is 0.413. The summed E-state index contributed by atoms with van der Waals surface area (Å²) in [7, 11) is 0. The highest BCUT2D eigenvalue weighted by Gasteiger charge is 2.21. The third-order valence-electron chi connectivity index (χ3n) is 1.13. The Hall–Kier alpha value is -0.445. The number of hydrogen-bond donors (Lipinski definition) is 1. The molecular formula is C4H6BF3N-. The fourth-order valence-corrected chi connectivity index (χ4v) is 0.654. The highest BCUT2D eigenvalue weighted by Crippen LogP contribution is 2.14. The molecule has 5 heteroatoms. The Morgan fingerprint density at radius 1 is 1.33 bits per heavy atom. The normalized spacial score (nSPS) is 19.2. The first kappa shape index (κ1) is 6.67. The van der Waals surface area contributed by atoms with Gasteiger partial charge in [0.2, 0.25) is 0 Å². The molecule has 9 heavy (non-hydrogen) atoms. The maximum absolute atomic E-state index is 11.5. The first-order valence-electron chi connectivity index (χ1n) is 2.69. The maximum Gasteiger partial charge on any atom is 0.502 e. The third-order valence-corrected chi connectivity index (χ3v) is 1.13. The fourth-order valence-electron chi connectivity index (χ4n) is 0.654. The quantitative estimate of drug-likeness (QED) is 0.528. The van der Waals surface area contributed by atoms with Crippen LogP contribution in [0, 0.1) is 0 Å². The largest absolute Gasteiger partial charge is 0.502 e. The minimum Gasteiger partial charge on any atom is -0.445 e. The summed E-state index contributed by atoms with van der Waals surface area (Å²) in [6.07, 6.45) is 0. The second kappa shape index (κ2) is 2.06. The van der Waals surface area contributed by atoms with E-state index in [1.807, 2.05) is 0 Å². The molecule has 1 saturated heterocycles. The Balaban J connectivity index is 2.46. The van der Waals surface area contributed by atoms with Crippen LogP contribution in [0.4, 0.5) is 12.9 Å². The molecular weight excluding hydrogens is 130 g/mol. The summed E-state index contributed by atoms with van der Waals surface area (Å²) in [4.78, 5) is 0. The minimum atomic E-state index is -4.70. The number of halogens is 3. The van der Waals surface area contributed by atoms with Gasteiger partial charge in [0.15, 0.2) is 0 Å². The molecule has 0 amide bonds. The van der Waals surface area contributed by atoms with Gasteiger partial charge in [-0.2, -0.15) is 0 Å². The topological polar surface area (TPSA) is 12.0 Å². The van der Waals surface area contributed by atoms with Crippen molar-refractivity contribution in [1.29, 1.82) is 0 Å². The lowest BCUT2D eigenvalue weighted by Gasteiger charge is -2.22. The predicted molar refractivity (Wildman–Crippen MR) is 30.0 cm³/mol. The van der Waals surface area contributed by atoms with Crippen molar-refractivity contribution in [2.45, 2.75) is 0 Å². The molecule has 1 fully saturated rings. The van der Waals surface area contributed by atoms with E-state index in [1.165, 1.54) is 0 Å². The van der Waals surface area contributed by atoms with Crippen molar-refractivity contribution >= 4 is 6.98 Å². The summed E-state index contributed by atoms with van der Waals surface area (Å²) < 4.78 is 34.5. The Labute approximate surface area is 51.0 Å². The van der Waals surface area contributed by atoms with Gasteiger partial charge in [0, 0.05) is 13.1 Å². The Bertz CT molecular complexity index is 133. The molecule has 0 atom stereocenters. The van der Waals surface area contributed by atoms with Crippen LogP contribution in [0.3, 0.4) is 0 Å². The van der Waals surface area contributed by atoms with Gasteiger partial charge in [-0.15, -0.1) is 5.98 Å². The van der Waals surface area contributed by atoms with Crippen molar-refractivity contribution in [2.75, 3.05) is 13.1 Å². The van der Waals surface area contributed by atoms with E-state index in [1.54, 1.807) is 0 Å². The standard InChI is InChI=1S/C4H6BF3N/c6-5(7,8)1-4-2-9-3-4/h1,9H,2-3H2/q-1.